The lowest BCUT2D eigenvalue weighted by molar-refractivity contribution is -0.168. The van der Waals surface area contributed by atoms with Crippen molar-refractivity contribution < 1.29 is 33.3 Å². The predicted molar refractivity (Wildman–Crippen MR) is 199 cm³/mol. The van der Waals surface area contributed by atoms with E-state index in [4.69, 9.17) is 28.7 Å². The van der Waals surface area contributed by atoms with E-state index in [-0.39, 0.29) is 26.0 Å². The molecule has 3 aromatic rings. The first-order chi connectivity index (χ1) is 24.6. The SMILES string of the molecule is C=CCOC(=O)Nc1cc(COC2CCCCO2)cc(CN(C(=O)OC(C)(C)C)c2cc(N3CCOCC3)cc(CSc3nnc(CC)s3)n2)c1. The fraction of sp³-hybridized carbons (Fsp3) is 0.528. The third-order valence-electron chi connectivity index (χ3n) is 7.76. The maximum absolute atomic E-state index is 14.0. The Morgan fingerprint density at radius 2 is 1.92 bits per heavy atom. The van der Waals surface area contributed by atoms with E-state index in [0.717, 1.165) is 57.5 Å². The topological polar surface area (TPSA) is 137 Å². The van der Waals surface area contributed by atoms with Gasteiger partial charge in [0.25, 0.3) is 0 Å². The number of ether oxygens (including phenoxy) is 5. The zero-order chi connectivity index (χ0) is 36.2. The molecule has 2 fully saturated rings. The Labute approximate surface area is 308 Å². The van der Waals surface area contributed by atoms with Crippen LogP contribution in [0.4, 0.5) is 26.8 Å². The lowest BCUT2D eigenvalue weighted by Gasteiger charge is -2.31. The number of aryl methyl sites for hydroxylation is 1. The van der Waals surface area contributed by atoms with Gasteiger partial charge in [0.2, 0.25) is 0 Å². The van der Waals surface area contributed by atoms with Gasteiger partial charge in [0.1, 0.15) is 23.0 Å². The highest BCUT2D eigenvalue weighted by Crippen LogP contribution is 2.31. The minimum Gasteiger partial charge on any atom is -0.445 e. The van der Waals surface area contributed by atoms with Gasteiger partial charge in [0.05, 0.1) is 32.1 Å². The first-order valence-corrected chi connectivity index (χ1v) is 19.1. The molecule has 0 spiro atoms. The number of carbonyl (C=O) groups is 2. The summed E-state index contributed by atoms with van der Waals surface area (Å²) < 4.78 is 29.5. The van der Waals surface area contributed by atoms with Gasteiger partial charge in [-0.15, -0.1) is 10.2 Å². The fourth-order valence-electron chi connectivity index (χ4n) is 5.42. The molecule has 0 radical (unpaired) electrons. The molecule has 276 valence electrons. The molecule has 13 nitrogen and oxygen atoms in total. The fourth-order valence-corrected chi connectivity index (χ4v) is 7.14. The van der Waals surface area contributed by atoms with Crippen molar-refractivity contribution in [1.29, 1.82) is 0 Å². The Morgan fingerprint density at radius 3 is 2.63 bits per heavy atom. The highest BCUT2D eigenvalue weighted by atomic mass is 32.2. The minimum atomic E-state index is -0.762. The van der Waals surface area contributed by atoms with Gasteiger partial charge in [-0.1, -0.05) is 48.7 Å². The molecule has 2 amide bonds. The first-order valence-electron chi connectivity index (χ1n) is 17.3. The van der Waals surface area contributed by atoms with E-state index in [1.807, 2.05) is 39.0 Å². The molecule has 4 heterocycles. The van der Waals surface area contributed by atoms with Crippen LogP contribution in [0.15, 0.2) is 47.3 Å². The lowest BCUT2D eigenvalue weighted by Crippen LogP contribution is -2.38. The normalized spacial score (nSPS) is 16.4. The summed E-state index contributed by atoms with van der Waals surface area (Å²) in [6.07, 6.45) is 3.71. The Morgan fingerprint density at radius 1 is 1.12 bits per heavy atom. The van der Waals surface area contributed by atoms with Crippen LogP contribution in [-0.4, -0.2) is 78.8 Å². The molecule has 2 aliphatic heterocycles. The average Bonchev–Trinajstić information content (AvgIpc) is 3.59. The quantitative estimate of drug-likeness (QED) is 0.131. The highest BCUT2D eigenvalue weighted by Gasteiger charge is 2.27. The molecule has 2 aliphatic rings. The number of anilines is 3. The van der Waals surface area contributed by atoms with E-state index < -0.39 is 17.8 Å². The summed E-state index contributed by atoms with van der Waals surface area (Å²) in [5.74, 6) is 0.968. The number of amides is 2. The molecule has 1 atom stereocenters. The van der Waals surface area contributed by atoms with E-state index in [1.54, 1.807) is 29.2 Å². The lowest BCUT2D eigenvalue weighted by atomic mass is 10.1. The van der Waals surface area contributed by atoms with Gasteiger partial charge in [0, 0.05) is 42.9 Å². The highest BCUT2D eigenvalue weighted by molar-refractivity contribution is 8.00. The molecule has 2 aromatic heterocycles. The number of benzene rings is 1. The van der Waals surface area contributed by atoms with Crippen molar-refractivity contribution in [3.05, 3.63) is 64.8 Å². The number of pyridine rings is 1. The summed E-state index contributed by atoms with van der Waals surface area (Å²) in [6, 6.07) is 9.55. The number of rotatable bonds is 14. The van der Waals surface area contributed by atoms with Crippen molar-refractivity contribution in [3.8, 4) is 0 Å². The second kappa shape index (κ2) is 18.6. The van der Waals surface area contributed by atoms with Crippen LogP contribution in [0.1, 0.15) is 68.8 Å². The Balaban J connectivity index is 1.49. The Kier molecular flexibility index (Phi) is 14.1. The third-order valence-corrected chi connectivity index (χ3v) is 9.99. The zero-order valence-corrected chi connectivity index (χ0v) is 31.5. The molecule has 0 bridgehead atoms. The predicted octanol–water partition coefficient (Wildman–Crippen LogP) is 7.34. The van der Waals surface area contributed by atoms with Gasteiger partial charge >= 0.3 is 12.2 Å². The van der Waals surface area contributed by atoms with E-state index in [2.05, 4.69) is 40.0 Å². The van der Waals surface area contributed by atoms with Crippen LogP contribution >= 0.6 is 23.1 Å². The summed E-state index contributed by atoms with van der Waals surface area (Å²) in [6.45, 7) is 14.9. The summed E-state index contributed by atoms with van der Waals surface area (Å²) in [5.41, 5.74) is 2.96. The molecule has 1 unspecified atom stereocenters. The van der Waals surface area contributed by atoms with Crippen molar-refractivity contribution in [3.63, 3.8) is 0 Å². The monoisotopic (exact) mass is 740 g/mol. The number of nitrogens with zero attached hydrogens (tertiary/aromatic N) is 5. The van der Waals surface area contributed by atoms with Gasteiger partial charge in [-0.2, -0.15) is 0 Å². The van der Waals surface area contributed by atoms with Gasteiger partial charge in [-0.05, 0) is 75.8 Å². The molecule has 1 aromatic carbocycles. The molecule has 1 N–H and O–H groups in total. The summed E-state index contributed by atoms with van der Waals surface area (Å²) >= 11 is 3.13. The van der Waals surface area contributed by atoms with Gasteiger partial charge in [0.15, 0.2) is 10.6 Å². The molecular weight excluding hydrogens is 693 g/mol. The minimum absolute atomic E-state index is 0.0670. The van der Waals surface area contributed by atoms with E-state index in [1.165, 1.54) is 11.0 Å². The van der Waals surface area contributed by atoms with Crippen LogP contribution in [0.3, 0.4) is 0 Å². The molecule has 0 saturated carbocycles. The number of morpholine rings is 1. The standard InChI is InChI=1S/C36H48N6O7S2/c1-6-13-47-33(43)38-27-18-25(17-26(19-27)23-48-32-10-8-9-14-46-32)22-42(35(44)49-36(3,4)5)30-21-29(41-11-15-45-16-12-41)20-28(37-30)24-50-34-40-39-31(7-2)51-34/h6,17-21,32H,1,7-16,22-24H2,2-5H3,(H,38,43). The number of nitrogens with one attached hydrogen (secondary N) is 1. The van der Waals surface area contributed by atoms with Crippen LogP contribution < -0.4 is 15.1 Å². The average molecular weight is 741 g/mol. The molecule has 15 heteroatoms. The van der Waals surface area contributed by atoms with Gasteiger partial charge in [-0.25, -0.2) is 14.6 Å². The summed E-state index contributed by atoms with van der Waals surface area (Å²) in [5, 5.41) is 12.4. The van der Waals surface area contributed by atoms with Crippen molar-refractivity contribution in [2.75, 3.05) is 54.6 Å². The summed E-state index contributed by atoms with van der Waals surface area (Å²) in [4.78, 5) is 35.4. The molecular formula is C36H48N6O7S2. The maximum Gasteiger partial charge on any atom is 0.416 e. The molecule has 2 saturated heterocycles. The Hall–Kier alpha value is -3.76. The zero-order valence-electron chi connectivity index (χ0n) is 29.9. The summed E-state index contributed by atoms with van der Waals surface area (Å²) in [7, 11) is 0. The first kappa shape index (κ1) is 38.5. The van der Waals surface area contributed by atoms with Crippen molar-refractivity contribution in [1.82, 2.24) is 15.2 Å². The van der Waals surface area contributed by atoms with E-state index in [0.29, 0.717) is 50.2 Å². The van der Waals surface area contributed by atoms with Crippen LogP contribution in [-0.2, 0) is 49.0 Å². The van der Waals surface area contributed by atoms with Crippen LogP contribution in [0.2, 0.25) is 0 Å². The number of carbonyl (C=O) groups excluding carboxylic acids is 2. The molecule has 0 aliphatic carbocycles. The number of hydrogen-bond acceptors (Lipinski definition) is 13. The van der Waals surface area contributed by atoms with Crippen molar-refractivity contribution in [2.24, 2.45) is 0 Å². The van der Waals surface area contributed by atoms with Crippen molar-refractivity contribution in [2.45, 2.75) is 88.5 Å². The van der Waals surface area contributed by atoms with E-state index in [9.17, 15) is 9.59 Å². The molecule has 5 rings (SSSR count). The number of aromatic nitrogens is 3. The largest absolute Gasteiger partial charge is 0.445 e. The molecule has 51 heavy (non-hydrogen) atoms. The second-order valence-corrected chi connectivity index (χ2v) is 15.4. The van der Waals surface area contributed by atoms with Crippen LogP contribution in [0, 0.1) is 0 Å². The van der Waals surface area contributed by atoms with E-state index >= 15 is 0 Å². The number of hydrogen-bond donors (Lipinski definition) is 1. The van der Waals surface area contributed by atoms with Crippen LogP contribution in [0.25, 0.3) is 0 Å². The Bertz CT molecular complexity index is 1620. The second-order valence-electron chi connectivity index (χ2n) is 13.1. The smallest absolute Gasteiger partial charge is 0.416 e. The number of thioether (sulfide) groups is 1. The van der Waals surface area contributed by atoms with Gasteiger partial charge < -0.3 is 28.6 Å². The maximum atomic E-state index is 14.0. The van der Waals surface area contributed by atoms with Crippen LogP contribution in [0.5, 0.6) is 0 Å². The third kappa shape index (κ3) is 12.2. The van der Waals surface area contributed by atoms with Gasteiger partial charge in [-0.3, -0.25) is 10.2 Å². The van der Waals surface area contributed by atoms with Crippen molar-refractivity contribution >= 4 is 52.5 Å².